The summed E-state index contributed by atoms with van der Waals surface area (Å²) in [5, 5.41) is 0. The van der Waals surface area contributed by atoms with E-state index >= 15 is 0 Å². The highest BCUT2D eigenvalue weighted by Crippen LogP contribution is 2.30. The lowest BCUT2D eigenvalue weighted by Gasteiger charge is -2.11. The lowest BCUT2D eigenvalue weighted by Crippen LogP contribution is -2.05. The van der Waals surface area contributed by atoms with Gasteiger partial charge in [-0.3, -0.25) is 9.59 Å². The van der Waals surface area contributed by atoms with Crippen LogP contribution in [0.15, 0.2) is 12.1 Å². The zero-order valence-corrected chi connectivity index (χ0v) is 8.28. The largest absolute Gasteiger partial charge is 0.493 e. The van der Waals surface area contributed by atoms with Gasteiger partial charge in [0.25, 0.3) is 0 Å². The molecule has 0 aliphatic carbocycles. The number of aldehydes is 2. The number of halogens is 2. The summed E-state index contributed by atoms with van der Waals surface area (Å²) in [7, 11) is 1.24. The first-order chi connectivity index (χ1) is 7.62. The standard InChI is InChI=1S/C10H8F2O4/c1-15-8-2-6(4-13)7(5-14)3-9(8)16-10(11)12/h2-5,10H,1H3. The third kappa shape index (κ3) is 2.53. The van der Waals surface area contributed by atoms with Gasteiger partial charge < -0.3 is 9.47 Å². The summed E-state index contributed by atoms with van der Waals surface area (Å²) in [6, 6.07) is 2.19. The molecule has 86 valence electrons. The van der Waals surface area contributed by atoms with E-state index in [4.69, 9.17) is 4.74 Å². The highest BCUT2D eigenvalue weighted by molar-refractivity contribution is 5.91. The normalized spacial score (nSPS) is 10.0. The third-order valence-electron chi connectivity index (χ3n) is 1.84. The molecular weight excluding hydrogens is 222 g/mol. The molecule has 0 heterocycles. The highest BCUT2D eigenvalue weighted by atomic mass is 19.3. The van der Waals surface area contributed by atoms with E-state index in [0.29, 0.717) is 12.6 Å². The molecular formula is C10H8F2O4. The lowest BCUT2D eigenvalue weighted by molar-refractivity contribution is -0.0512. The summed E-state index contributed by atoms with van der Waals surface area (Å²) in [4.78, 5) is 21.2. The van der Waals surface area contributed by atoms with E-state index in [0.717, 1.165) is 12.1 Å². The smallest absolute Gasteiger partial charge is 0.387 e. The van der Waals surface area contributed by atoms with Gasteiger partial charge in [-0.25, -0.2) is 0 Å². The second-order valence-corrected chi connectivity index (χ2v) is 2.75. The fraction of sp³-hybridized carbons (Fsp3) is 0.200. The van der Waals surface area contributed by atoms with E-state index in [-0.39, 0.29) is 22.6 Å². The molecule has 0 fully saturated rings. The molecule has 0 aromatic heterocycles. The molecule has 0 bridgehead atoms. The molecule has 1 rings (SSSR count). The van der Waals surface area contributed by atoms with Crippen LogP contribution in [0.1, 0.15) is 20.7 Å². The van der Waals surface area contributed by atoms with Crippen LogP contribution in [-0.4, -0.2) is 26.3 Å². The second kappa shape index (κ2) is 5.20. The molecule has 1 aromatic rings. The van der Waals surface area contributed by atoms with Crippen LogP contribution in [0.25, 0.3) is 0 Å². The van der Waals surface area contributed by atoms with Crippen molar-refractivity contribution in [1.29, 1.82) is 0 Å². The van der Waals surface area contributed by atoms with Crippen LogP contribution in [0.4, 0.5) is 8.78 Å². The summed E-state index contributed by atoms with van der Waals surface area (Å²) in [6.07, 6.45) is 0.805. The van der Waals surface area contributed by atoms with Crippen molar-refractivity contribution < 1.29 is 27.8 Å². The zero-order chi connectivity index (χ0) is 12.1. The predicted octanol–water partition coefficient (Wildman–Crippen LogP) is 1.92. The Kier molecular flexibility index (Phi) is 3.93. The van der Waals surface area contributed by atoms with Crippen LogP contribution >= 0.6 is 0 Å². The maximum atomic E-state index is 12.0. The van der Waals surface area contributed by atoms with E-state index in [9.17, 15) is 18.4 Å². The van der Waals surface area contributed by atoms with Gasteiger partial charge in [-0.2, -0.15) is 8.78 Å². The van der Waals surface area contributed by atoms with E-state index in [1.54, 1.807) is 0 Å². The Morgan fingerprint density at radius 3 is 2.00 bits per heavy atom. The molecule has 6 heteroatoms. The maximum Gasteiger partial charge on any atom is 0.387 e. The van der Waals surface area contributed by atoms with E-state index in [2.05, 4.69) is 4.74 Å². The third-order valence-corrected chi connectivity index (χ3v) is 1.84. The zero-order valence-electron chi connectivity index (χ0n) is 8.28. The van der Waals surface area contributed by atoms with Gasteiger partial charge >= 0.3 is 6.61 Å². The molecule has 0 spiro atoms. The van der Waals surface area contributed by atoms with Gasteiger partial charge in [0.1, 0.15) is 0 Å². The predicted molar refractivity (Wildman–Crippen MR) is 50.4 cm³/mol. The van der Waals surface area contributed by atoms with Gasteiger partial charge in [-0.15, -0.1) is 0 Å². The fourth-order valence-corrected chi connectivity index (χ4v) is 1.14. The van der Waals surface area contributed by atoms with Crippen LogP contribution in [0.5, 0.6) is 11.5 Å². The summed E-state index contributed by atoms with van der Waals surface area (Å²) in [6.45, 7) is -3.03. The molecule has 16 heavy (non-hydrogen) atoms. The van der Waals surface area contributed by atoms with Crippen LogP contribution in [-0.2, 0) is 0 Å². The first kappa shape index (κ1) is 12.1. The lowest BCUT2D eigenvalue weighted by atomic mass is 10.1. The Labute approximate surface area is 89.8 Å². The number of alkyl halides is 2. The minimum absolute atomic E-state index is 0.0343. The minimum atomic E-state index is -3.03. The molecule has 0 atom stereocenters. The fourth-order valence-electron chi connectivity index (χ4n) is 1.14. The van der Waals surface area contributed by atoms with Crippen molar-refractivity contribution in [3.8, 4) is 11.5 Å². The average Bonchev–Trinajstić information content (AvgIpc) is 2.27. The molecule has 0 amide bonds. The second-order valence-electron chi connectivity index (χ2n) is 2.75. The van der Waals surface area contributed by atoms with E-state index < -0.39 is 6.61 Å². The van der Waals surface area contributed by atoms with Gasteiger partial charge in [0, 0.05) is 11.1 Å². The summed E-state index contributed by atoms with van der Waals surface area (Å²) < 4.78 is 32.9. The highest BCUT2D eigenvalue weighted by Gasteiger charge is 2.14. The molecule has 0 saturated carbocycles. The van der Waals surface area contributed by atoms with E-state index in [1.165, 1.54) is 7.11 Å². The van der Waals surface area contributed by atoms with Gasteiger partial charge in [0.2, 0.25) is 0 Å². The summed E-state index contributed by atoms with van der Waals surface area (Å²) >= 11 is 0. The molecule has 0 aliphatic rings. The van der Waals surface area contributed by atoms with Crippen molar-refractivity contribution in [1.82, 2.24) is 0 Å². The van der Waals surface area contributed by atoms with Crippen LogP contribution in [0.3, 0.4) is 0 Å². The Balaban J connectivity index is 3.25. The molecule has 4 nitrogen and oxygen atoms in total. The van der Waals surface area contributed by atoms with Gasteiger partial charge in [0.05, 0.1) is 7.11 Å². The van der Waals surface area contributed by atoms with Gasteiger partial charge in [-0.05, 0) is 12.1 Å². The first-order valence-corrected chi connectivity index (χ1v) is 4.19. The number of rotatable bonds is 5. The van der Waals surface area contributed by atoms with Crippen molar-refractivity contribution in [2.45, 2.75) is 6.61 Å². The SMILES string of the molecule is COc1cc(C=O)c(C=O)cc1OC(F)F. The Morgan fingerprint density at radius 1 is 1.12 bits per heavy atom. The first-order valence-electron chi connectivity index (χ1n) is 4.19. The maximum absolute atomic E-state index is 12.0. The van der Waals surface area contributed by atoms with Crippen molar-refractivity contribution in [3.63, 3.8) is 0 Å². The molecule has 1 aromatic carbocycles. The number of hydrogen-bond donors (Lipinski definition) is 0. The topological polar surface area (TPSA) is 52.6 Å². The van der Waals surface area contributed by atoms with Crippen molar-refractivity contribution in [2.75, 3.05) is 7.11 Å². The average molecular weight is 230 g/mol. The number of hydrogen-bond acceptors (Lipinski definition) is 4. The van der Waals surface area contributed by atoms with Crippen molar-refractivity contribution in [3.05, 3.63) is 23.3 Å². The van der Waals surface area contributed by atoms with Crippen LogP contribution in [0.2, 0.25) is 0 Å². The Hall–Kier alpha value is -1.98. The summed E-state index contributed by atoms with van der Waals surface area (Å²) in [5.74, 6) is -0.321. The number of ether oxygens (including phenoxy) is 2. The van der Waals surface area contributed by atoms with Crippen LogP contribution in [0, 0.1) is 0 Å². The van der Waals surface area contributed by atoms with Gasteiger partial charge in [-0.1, -0.05) is 0 Å². The van der Waals surface area contributed by atoms with Crippen LogP contribution < -0.4 is 9.47 Å². The van der Waals surface area contributed by atoms with Crippen molar-refractivity contribution >= 4 is 12.6 Å². The number of methoxy groups -OCH3 is 1. The number of carbonyl (C=O) groups is 2. The molecule has 0 aliphatic heterocycles. The molecule has 0 unspecified atom stereocenters. The molecule has 0 saturated heterocycles. The molecule has 0 radical (unpaired) electrons. The number of carbonyl (C=O) groups excluding carboxylic acids is 2. The molecule has 0 N–H and O–H groups in total. The van der Waals surface area contributed by atoms with Gasteiger partial charge in [0.15, 0.2) is 24.1 Å². The Bertz CT molecular complexity index is 404. The van der Waals surface area contributed by atoms with Crippen molar-refractivity contribution in [2.24, 2.45) is 0 Å². The summed E-state index contributed by atoms with van der Waals surface area (Å²) in [5.41, 5.74) is 0.0138. The monoisotopic (exact) mass is 230 g/mol. The Morgan fingerprint density at radius 2 is 1.62 bits per heavy atom. The quantitative estimate of drug-likeness (QED) is 0.725. The van der Waals surface area contributed by atoms with E-state index in [1.807, 2.05) is 0 Å². The minimum Gasteiger partial charge on any atom is -0.493 e. The number of benzene rings is 1.